The smallest absolute Gasteiger partial charge is 0.257 e. The van der Waals surface area contributed by atoms with Gasteiger partial charge in [-0.25, -0.2) is 4.98 Å². The number of nitrogens with zero attached hydrogens (tertiary/aromatic N) is 1. The Labute approximate surface area is 141 Å². The zero-order valence-electron chi connectivity index (χ0n) is 13.4. The molecule has 3 heteroatoms. The molecule has 0 aliphatic heterocycles. The van der Waals surface area contributed by atoms with E-state index in [4.69, 9.17) is 0 Å². The Morgan fingerprint density at radius 1 is 0.958 bits per heavy atom. The summed E-state index contributed by atoms with van der Waals surface area (Å²) in [5.41, 5.74) is 3.49. The number of hydrogen-bond donors (Lipinski definition) is 1. The Hall–Kier alpha value is -3.20. The first-order valence-electron chi connectivity index (χ1n) is 7.78. The van der Waals surface area contributed by atoms with Crippen LogP contribution in [0.1, 0.15) is 16.7 Å². The van der Waals surface area contributed by atoms with Crippen molar-refractivity contribution in [2.75, 3.05) is 5.32 Å². The van der Waals surface area contributed by atoms with Gasteiger partial charge in [-0.3, -0.25) is 4.79 Å². The topological polar surface area (TPSA) is 42.0 Å². The number of aromatic nitrogens is 1. The number of carbonyl (C=O) groups is 1. The summed E-state index contributed by atoms with van der Waals surface area (Å²) >= 11 is 0. The van der Waals surface area contributed by atoms with E-state index in [1.165, 1.54) is 0 Å². The predicted molar refractivity (Wildman–Crippen MR) is 98.4 cm³/mol. The number of nitrogens with one attached hydrogen (secondary N) is 1. The minimum atomic E-state index is -0.178. The van der Waals surface area contributed by atoms with E-state index in [1.54, 1.807) is 6.20 Å². The number of rotatable bonds is 4. The summed E-state index contributed by atoms with van der Waals surface area (Å²) in [7, 11) is 0. The third-order valence-corrected chi connectivity index (χ3v) is 3.60. The SMILES string of the molecule is Cc1ccnc(NC(=O)C(=Cc2ccccc2)c2ccccc2)c1. The molecule has 1 heterocycles. The van der Waals surface area contributed by atoms with Crippen LogP contribution in [0.15, 0.2) is 79.0 Å². The summed E-state index contributed by atoms with van der Waals surface area (Å²) in [5.74, 6) is 0.373. The highest BCUT2D eigenvalue weighted by atomic mass is 16.1. The second kappa shape index (κ2) is 7.38. The second-order valence-electron chi connectivity index (χ2n) is 5.51. The summed E-state index contributed by atoms with van der Waals surface area (Å²) in [5, 5.41) is 2.88. The molecular formula is C21H18N2O. The number of carbonyl (C=O) groups excluding carboxylic acids is 1. The van der Waals surface area contributed by atoms with E-state index < -0.39 is 0 Å². The lowest BCUT2D eigenvalue weighted by Crippen LogP contribution is -2.14. The molecule has 3 rings (SSSR count). The Kier molecular flexibility index (Phi) is 4.82. The molecule has 3 nitrogen and oxygen atoms in total. The molecule has 0 radical (unpaired) electrons. The van der Waals surface area contributed by atoms with Gasteiger partial charge in [0.15, 0.2) is 0 Å². The lowest BCUT2D eigenvalue weighted by atomic mass is 10.0. The standard InChI is InChI=1S/C21H18N2O/c1-16-12-13-22-20(14-16)23-21(24)19(18-10-6-3-7-11-18)15-17-8-4-2-5-9-17/h2-15H,1H3,(H,22,23,24). The minimum absolute atomic E-state index is 0.178. The van der Waals surface area contributed by atoms with E-state index in [0.29, 0.717) is 11.4 Å². The maximum Gasteiger partial charge on any atom is 0.257 e. The zero-order valence-corrected chi connectivity index (χ0v) is 13.4. The van der Waals surface area contributed by atoms with Gasteiger partial charge in [0, 0.05) is 11.8 Å². The molecule has 0 aliphatic rings. The van der Waals surface area contributed by atoms with Crippen molar-refractivity contribution in [2.24, 2.45) is 0 Å². The van der Waals surface area contributed by atoms with Gasteiger partial charge in [-0.05, 0) is 41.8 Å². The molecule has 1 N–H and O–H groups in total. The van der Waals surface area contributed by atoms with Crippen molar-refractivity contribution in [1.29, 1.82) is 0 Å². The summed E-state index contributed by atoms with van der Waals surface area (Å²) in [6.45, 7) is 1.97. The van der Waals surface area contributed by atoms with E-state index in [1.807, 2.05) is 85.8 Å². The lowest BCUT2D eigenvalue weighted by molar-refractivity contribution is -0.111. The Morgan fingerprint density at radius 2 is 1.62 bits per heavy atom. The highest BCUT2D eigenvalue weighted by Gasteiger charge is 2.13. The van der Waals surface area contributed by atoms with Crippen molar-refractivity contribution in [3.05, 3.63) is 95.7 Å². The first-order valence-corrected chi connectivity index (χ1v) is 7.78. The van der Waals surface area contributed by atoms with Gasteiger partial charge in [0.05, 0.1) is 0 Å². The zero-order chi connectivity index (χ0) is 16.8. The molecule has 118 valence electrons. The van der Waals surface area contributed by atoms with E-state index >= 15 is 0 Å². The summed E-state index contributed by atoms with van der Waals surface area (Å²) in [4.78, 5) is 17.0. The Morgan fingerprint density at radius 3 is 2.29 bits per heavy atom. The average Bonchev–Trinajstić information content (AvgIpc) is 2.61. The van der Waals surface area contributed by atoms with E-state index in [2.05, 4.69) is 10.3 Å². The van der Waals surface area contributed by atoms with Crippen LogP contribution in [0.2, 0.25) is 0 Å². The fraction of sp³-hybridized carbons (Fsp3) is 0.0476. The van der Waals surface area contributed by atoms with Gasteiger partial charge in [0.1, 0.15) is 5.82 Å². The van der Waals surface area contributed by atoms with E-state index in [-0.39, 0.29) is 5.91 Å². The number of hydrogen-bond acceptors (Lipinski definition) is 2. The molecule has 0 saturated carbocycles. The van der Waals surface area contributed by atoms with Gasteiger partial charge >= 0.3 is 0 Å². The van der Waals surface area contributed by atoms with Crippen molar-refractivity contribution >= 4 is 23.4 Å². The summed E-state index contributed by atoms with van der Waals surface area (Å²) in [6.07, 6.45) is 3.58. The van der Waals surface area contributed by atoms with Crippen molar-refractivity contribution in [1.82, 2.24) is 4.98 Å². The normalized spacial score (nSPS) is 11.1. The molecule has 0 unspecified atom stereocenters. The fourth-order valence-corrected chi connectivity index (χ4v) is 2.40. The largest absolute Gasteiger partial charge is 0.307 e. The number of pyridine rings is 1. The lowest BCUT2D eigenvalue weighted by Gasteiger charge is -2.10. The van der Waals surface area contributed by atoms with Gasteiger partial charge in [-0.15, -0.1) is 0 Å². The summed E-state index contributed by atoms with van der Waals surface area (Å²) < 4.78 is 0. The van der Waals surface area contributed by atoms with Crippen molar-refractivity contribution in [2.45, 2.75) is 6.92 Å². The maximum atomic E-state index is 12.8. The molecule has 0 bridgehead atoms. The number of benzene rings is 2. The van der Waals surface area contributed by atoms with Crippen LogP contribution < -0.4 is 5.32 Å². The first kappa shape index (κ1) is 15.7. The average molecular weight is 314 g/mol. The minimum Gasteiger partial charge on any atom is -0.307 e. The van der Waals surface area contributed by atoms with Crippen LogP contribution in [0.4, 0.5) is 5.82 Å². The molecule has 0 spiro atoms. The molecule has 0 saturated heterocycles. The highest BCUT2D eigenvalue weighted by molar-refractivity contribution is 6.29. The Balaban J connectivity index is 1.95. The third-order valence-electron chi connectivity index (χ3n) is 3.60. The maximum absolute atomic E-state index is 12.8. The fourth-order valence-electron chi connectivity index (χ4n) is 2.40. The molecule has 0 fully saturated rings. The Bertz CT molecular complexity index is 855. The molecule has 0 atom stereocenters. The summed E-state index contributed by atoms with van der Waals surface area (Å²) in [6, 6.07) is 23.2. The van der Waals surface area contributed by atoms with Crippen LogP contribution in [-0.4, -0.2) is 10.9 Å². The molecule has 1 aromatic heterocycles. The van der Waals surface area contributed by atoms with Crippen molar-refractivity contribution in [3.63, 3.8) is 0 Å². The molecule has 3 aromatic rings. The predicted octanol–water partition coefficient (Wildman–Crippen LogP) is 4.57. The molecule has 1 amide bonds. The van der Waals surface area contributed by atoms with Crippen molar-refractivity contribution in [3.8, 4) is 0 Å². The number of amides is 1. The monoisotopic (exact) mass is 314 g/mol. The van der Waals surface area contributed by atoms with Crippen LogP contribution in [0.5, 0.6) is 0 Å². The second-order valence-corrected chi connectivity index (χ2v) is 5.51. The van der Waals surface area contributed by atoms with Gasteiger partial charge in [0.2, 0.25) is 0 Å². The van der Waals surface area contributed by atoms with E-state index in [0.717, 1.165) is 16.7 Å². The van der Waals surface area contributed by atoms with Crippen LogP contribution in [0.25, 0.3) is 11.6 Å². The van der Waals surface area contributed by atoms with E-state index in [9.17, 15) is 4.79 Å². The van der Waals surface area contributed by atoms with Crippen LogP contribution in [-0.2, 0) is 4.79 Å². The highest BCUT2D eigenvalue weighted by Crippen LogP contribution is 2.20. The van der Waals surface area contributed by atoms with Crippen LogP contribution in [0, 0.1) is 6.92 Å². The molecule has 2 aromatic carbocycles. The van der Waals surface area contributed by atoms with Gasteiger partial charge < -0.3 is 5.32 Å². The molecule has 0 aliphatic carbocycles. The quantitative estimate of drug-likeness (QED) is 0.566. The third kappa shape index (κ3) is 3.96. The number of anilines is 1. The molecule has 24 heavy (non-hydrogen) atoms. The van der Waals surface area contributed by atoms with Crippen LogP contribution in [0.3, 0.4) is 0 Å². The van der Waals surface area contributed by atoms with Crippen molar-refractivity contribution < 1.29 is 4.79 Å². The van der Waals surface area contributed by atoms with Crippen LogP contribution >= 0.6 is 0 Å². The molecular weight excluding hydrogens is 296 g/mol. The van der Waals surface area contributed by atoms with Gasteiger partial charge in [-0.2, -0.15) is 0 Å². The number of aryl methyl sites for hydroxylation is 1. The van der Waals surface area contributed by atoms with Gasteiger partial charge in [-0.1, -0.05) is 60.7 Å². The first-order chi connectivity index (χ1) is 11.7. The van der Waals surface area contributed by atoms with Gasteiger partial charge in [0.25, 0.3) is 5.91 Å².